The van der Waals surface area contributed by atoms with Crippen molar-refractivity contribution in [2.45, 2.75) is 18.4 Å². The van der Waals surface area contributed by atoms with Gasteiger partial charge in [-0.3, -0.25) is 19.7 Å². The first kappa shape index (κ1) is 21.9. The molecule has 0 bridgehead atoms. The van der Waals surface area contributed by atoms with E-state index < -0.39 is 4.92 Å². The molecular formula is C23H24N4O4S. The van der Waals surface area contributed by atoms with Crippen molar-refractivity contribution in [1.29, 1.82) is 0 Å². The summed E-state index contributed by atoms with van der Waals surface area (Å²) in [5, 5.41) is 11.8. The Balaban J connectivity index is 1.38. The molecule has 1 aliphatic rings. The van der Waals surface area contributed by atoms with Gasteiger partial charge in [-0.15, -0.1) is 11.8 Å². The van der Waals surface area contributed by atoms with Crippen LogP contribution < -0.4 is 10.5 Å². The van der Waals surface area contributed by atoms with Gasteiger partial charge in [0.25, 0.3) is 11.2 Å². The number of anilines is 1. The van der Waals surface area contributed by atoms with Crippen LogP contribution in [0.5, 0.6) is 0 Å². The van der Waals surface area contributed by atoms with E-state index >= 15 is 0 Å². The molecule has 0 radical (unpaired) electrons. The molecular weight excluding hydrogens is 428 g/mol. The fourth-order valence-corrected chi connectivity index (χ4v) is 4.95. The molecule has 2 heterocycles. The smallest absolute Gasteiger partial charge is 0.269 e. The minimum Gasteiger partial charge on any atom is -0.368 e. The molecule has 1 aliphatic heterocycles. The Labute approximate surface area is 189 Å². The molecule has 2 aromatic carbocycles. The van der Waals surface area contributed by atoms with Crippen LogP contribution in [0.1, 0.15) is 6.92 Å². The Morgan fingerprint density at radius 1 is 1.06 bits per heavy atom. The summed E-state index contributed by atoms with van der Waals surface area (Å²) in [5.74, 6) is 0.319. The predicted molar refractivity (Wildman–Crippen MR) is 126 cm³/mol. The van der Waals surface area contributed by atoms with Gasteiger partial charge < -0.3 is 14.4 Å². The lowest BCUT2D eigenvalue weighted by Crippen LogP contribution is -2.49. The number of aromatic nitrogens is 1. The molecule has 0 atom stereocenters. The summed E-state index contributed by atoms with van der Waals surface area (Å²) in [6, 6.07) is 15.9. The number of nitrogens with zero attached hydrogens (tertiary/aromatic N) is 4. The molecule has 166 valence electrons. The van der Waals surface area contributed by atoms with Gasteiger partial charge in [0.15, 0.2) is 0 Å². The van der Waals surface area contributed by atoms with Gasteiger partial charge in [0.1, 0.15) is 0 Å². The van der Waals surface area contributed by atoms with Gasteiger partial charge in [-0.25, -0.2) is 0 Å². The molecule has 1 fully saturated rings. The number of piperazine rings is 1. The molecule has 9 heteroatoms. The molecule has 0 saturated carbocycles. The number of para-hydroxylation sites is 1. The number of hydrogen-bond donors (Lipinski definition) is 0. The van der Waals surface area contributed by atoms with Crippen molar-refractivity contribution in [3.63, 3.8) is 0 Å². The van der Waals surface area contributed by atoms with E-state index in [1.165, 1.54) is 23.9 Å². The molecule has 32 heavy (non-hydrogen) atoms. The molecule has 0 unspecified atom stereocenters. The van der Waals surface area contributed by atoms with Crippen LogP contribution in [0.15, 0.2) is 64.3 Å². The number of aryl methyl sites for hydroxylation is 1. The summed E-state index contributed by atoms with van der Waals surface area (Å²) in [7, 11) is 0. The normalized spacial score (nSPS) is 14.0. The van der Waals surface area contributed by atoms with Crippen LogP contribution in [0, 0.1) is 10.1 Å². The number of amides is 1. The summed E-state index contributed by atoms with van der Waals surface area (Å²) in [6.45, 7) is 5.07. The summed E-state index contributed by atoms with van der Waals surface area (Å²) in [4.78, 5) is 40.5. The standard InChI is InChI=1S/C23H24N4O4S/c1-2-26-20-6-4-3-5-19(20)21(15-22(26)28)32-16-23(29)25-13-11-24(12-14-25)17-7-9-18(10-8-17)27(30)31/h3-10,15H,2,11-14,16H2,1H3. The van der Waals surface area contributed by atoms with Crippen LogP contribution in [-0.4, -0.2) is 52.2 Å². The largest absolute Gasteiger partial charge is 0.368 e. The van der Waals surface area contributed by atoms with Crippen molar-refractivity contribution in [3.8, 4) is 0 Å². The zero-order chi connectivity index (χ0) is 22.7. The van der Waals surface area contributed by atoms with Gasteiger partial charge in [-0.05, 0) is 25.1 Å². The van der Waals surface area contributed by atoms with E-state index in [-0.39, 0.29) is 22.9 Å². The van der Waals surface area contributed by atoms with Gasteiger partial charge in [-0.1, -0.05) is 18.2 Å². The third-order valence-electron chi connectivity index (χ3n) is 5.71. The third-order valence-corrected chi connectivity index (χ3v) is 6.75. The lowest BCUT2D eigenvalue weighted by Gasteiger charge is -2.36. The number of nitro benzene ring substituents is 1. The van der Waals surface area contributed by atoms with Gasteiger partial charge in [0.05, 0.1) is 16.2 Å². The number of carbonyl (C=O) groups excluding carboxylic acids is 1. The Morgan fingerprint density at radius 3 is 2.41 bits per heavy atom. The van der Waals surface area contributed by atoms with Crippen LogP contribution >= 0.6 is 11.8 Å². The topological polar surface area (TPSA) is 88.7 Å². The number of rotatable bonds is 6. The fourth-order valence-electron chi connectivity index (χ4n) is 3.98. The average Bonchev–Trinajstić information content (AvgIpc) is 2.82. The van der Waals surface area contributed by atoms with Gasteiger partial charge >= 0.3 is 0 Å². The zero-order valence-corrected chi connectivity index (χ0v) is 18.6. The predicted octanol–water partition coefficient (Wildman–Crippen LogP) is 3.37. The Hall–Kier alpha value is -3.33. The maximum atomic E-state index is 12.8. The average molecular weight is 453 g/mol. The first-order valence-corrected chi connectivity index (χ1v) is 11.5. The van der Waals surface area contributed by atoms with E-state index in [1.807, 2.05) is 36.1 Å². The van der Waals surface area contributed by atoms with Gasteiger partial charge in [0.2, 0.25) is 5.91 Å². The minimum atomic E-state index is -0.411. The molecule has 1 amide bonds. The molecule has 0 N–H and O–H groups in total. The second kappa shape index (κ2) is 9.44. The van der Waals surface area contributed by atoms with Crippen molar-refractivity contribution in [2.75, 3.05) is 36.8 Å². The highest BCUT2D eigenvalue weighted by Crippen LogP contribution is 2.27. The molecule has 3 aromatic rings. The monoisotopic (exact) mass is 452 g/mol. The van der Waals surface area contributed by atoms with Crippen molar-refractivity contribution in [3.05, 3.63) is 75.1 Å². The Morgan fingerprint density at radius 2 is 1.75 bits per heavy atom. The number of pyridine rings is 1. The van der Waals surface area contributed by atoms with Crippen LogP contribution in [-0.2, 0) is 11.3 Å². The van der Waals surface area contributed by atoms with Crippen LogP contribution in [0.4, 0.5) is 11.4 Å². The number of benzene rings is 2. The van der Waals surface area contributed by atoms with E-state index in [4.69, 9.17) is 0 Å². The van der Waals surface area contributed by atoms with E-state index in [2.05, 4.69) is 4.90 Å². The molecule has 8 nitrogen and oxygen atoms in total. The third kappa shape index (κ3) is 4.47. The molecule has 1 saturated heterocycles. The van der Waals surface area contributed by atoms with Crippen LogP contribution in [0.3, 0.4) is 0 Å². The molecule has 1 aromatic heterocycles. The lowest BCUT2D eigenvalue weighted by molar-refractivity contribution is -0.384. The Kier molecular flexibility index (Phi) is 6.45. The van der Waals surface area contributed by atoms with Crippen molar-refractivity contribution < 1.29 is 9.72 Å². The Bertz CT molecular complexity index is 1200. The number of carbonyl (C=O) groups is 1. The number of non-ortho nitro benzene ring substituents is 1. The number of nitro groups is 1. The maximum absolute atomic E-state index is 12.8. The number of fused-ring (bicyclic) bond motifs is 1. The van der Waals surface area contributed by atoms with Gasteiger partial charge in [-0.2, -0.15) is 0 Å². The molecule has 0 spiro atoms. The summed E-state index contributed by atoms with van der Waals surface area (Å²) < 4.78 is 1.73. The van der Waals surface area contributed by atoms with Crippen molar-refractivity contribution >= 4 is 39.9 Å². The summed E-state index contributed by atoms with van der Waals surface area (Å²) >= 11 is 1.40. The van der Waals surface area contributed by atoms with Crippen LogP contribution in [0.2, 0.25) is 0 Å². The SMILES string of the molecule is CCn1c(=O)cc(SCC(=O)N2CCN(c3ccc([N+](=O)[O-])cc3)CC2)c2ccccc21. The lowest BCUT2D eigenvalue weighted by atomic mass is 10.2. The highest BCUT2D eigenvalue weighted by atomic mass is 32.2. The highest BCUT2D eigenvalue weighted by Gasteiger charge is 2.22. The van der Waals surface area contributed by atoms with E-state index in [1.54, 1.807) is 22.8 Å². The minimum absolute atomic E-state index is 0.0436. The number of hydrogen-bond acceptors (Lipinski definition) is 6. The van der Waals surface area contributed by atoms with Crippen molar-refractivity contribution in [1.82, 2.24) is 9.47 Å². The quantitative estimate of drug-likeness (QED) is 0.324. The second-order valence-electron chi connectivity index (χ2n) is 7.54. The van der Waals surface area contributed by atoms with E-state index in [0.29, 0.717) is 32.7 Å². The molecule has 0 aliphatic carbocycles. The first-order valence-electron chi connectivity index (χ1n) is 10.5. The second-order valence-corrected chi connectivity index (χ2v) is 8.56. The van der Waals surface area contributed by atoms with Crippen molar-refractivity contribution in [2.24, 2.45) is 0 Å². The van der Waals surface area contributed by atoms with E-state index in [9.17, 15) is 19.7 Å². The summed E-state index contributed by atoms with van der Waals surface area (Å²) in [6.07, 6.45) is 0. The highest BCUT2D eigenvalue weighted by molar-refractivity contribution is 8.00. The fraction of sp³-hybridized carbons (Fsp3) is 0.304. The summed E-state index contributed by atoms with van der Waals surface area (Å²) in [5.41, 5.74) is 1.81. The van der Waals surface area contributed by atoms with Crippen LogP contribution in [0.25, 0.3) is 10.9 Å². The zero-order valence-electron chi connectivity index (χ0n) is 17.8. The van der Waals surface area contributed by atoms with E-state index in [0.717, 1.165) is 21.5 Å². The maximum Gasteiger partial charge on any atom is 0.269 e. The molecule has 4 rings (SSSR count). The van der Waals surface area contributed by atoms with Gasteiger partial charge in [0, 0.05) is 66.9 Å². The number of thioether (sulfide) groups is 1. The first-order chi connectivity index (χ1) is 15.5.